The van der Waals surface area contributed by atoms with Crippen molar-refractivity contribution in [1.29, 1.82) is 0 Å². The van der Waals surface area contributed by atoms with E-state index in [1.807, 2.05) is 0 Å². The van der Waals surface area contributed by atoms with Crippen LogP contribution in [0, 0.1) is 10.1 Å². The molecule has 0 aliphatic carbocycles. The number of rotatable bonds is 8. The summed E-state index contributed by atoms with van der Waals surface area (Å²) in [7, 11) is 0. The van der Waals surface area contributed by atoms with Crippen LogP contribution in [0.3, 0.4) is 0 Å². The van der Waals surface area contributed by atoms with Crippen molar-refractivity contribution < 1.29 is 14.8 Å². The smallest absolute Gasteiger partial charge is 0.343 e. The highest BCUT2D eigenvalue weighted by Gasteiger charge is 2.22. The molecule has 0 saturated heterocycles. The Labute approximate surface area is 111 Å². The molecule has 0 spiro atoms. The maximum atomic E-state index is 11.1. The third-order valence-corrected chi connectivity index (χ3v) is 2.81. The summed E-state index contributed by atoms with van der Waals surface area (Å²) in [5.74, 6) is -1.27. The van der Waals surface area contributed by atoms with Gasteiger partial charge in [0.25, 0.3) is 5.69 Å². The predicted molar refractivity (Wildman–Crippen MR) is 71.3 cm³/mol. The molecule has 1 rings (SSSR count). The number of carbonyl (C=O) groups is 1. The SMILES string of the molecule is CCCCCNCc1cccc([N+](=O)[O-])c1C(=O)O. The largest absolute Gasteiger partial charge is 0.477 e. The molecule has 1 aromatic rings. The lowest BCUT2D eigenvalue weighted by atomic mass is 10.1. The number of nitro benzene ring substituents is 1. The van der Waals surface area contributed by atoms with E-state index in [-0.39, 0.29) is 11.3 Å². The summed E-state index contributed by atoms with van der Waals surface area (Å²) >= 11 is 0. The first-order valence-corrected chi connectivity index (χ1v) is 6.28. The van der Waals surface area contributed by atoms with Gasteiger partial charge in [0.1, 0.15) is 5.56 Å². The van der Waals surface area contributed by atoms with Crippen molar-refractivity contribution in [3.8, 4) is 0 Å². The van der Waals surface area contributed by atoms with Crippen molar-refractivity contribution in [2.45, 2.75) is 32.7 Å². The number of hydrogen-bond acceptors (Lipinski definition) is 4. The molecule has 0 aromatic heterocycles. The van der Waals surface area contributed by atoms with Crippen molar-refractivity contribution >= 4 is 11.7 Å². The van der Waals surface area contributed by atoms with Crippen molar-refractivity contribution in [3.05, 3.63) is 39.4 Å². The van der Waals surface area contributed by atoms with Crippen molar-refractivity contribution in [3.63, 3.8) is 0 Å². The number of carboxylic acid groups (broad SMARTS) is 1. The minimum atomic E-state index is -1.27. The summed E-state index contributed by atoms with van der Waals surface area (Å²) in [6.07, 6.45) is 3.22. The number of carboxylic acids is 1. The van der Waals surface area contributed by atoms with Gasteiger partial charge in [-0.3, -0.25) is 10.1 Å². The Morgan fingerprint density at radius 2 is 2.16 bits per heavy atom. The Kier molecular flexibility index (Phi) is 5.95. The molecule has 0 saturated carbocycles. The van der Waals surface area contributed by atoms with Crippen LogP contribution in [0.4, 0.5) is 5.69 Å². The van der Waals surface area contributed by atoms with E-state index in [0.29, 0.717) is 12.1 Å². The molecule has 0 aliphatic heterocycles. The number of nitro groups is 1. The van der Waals surface area contributed by atoms with E-state index in [0.717, 1.165) is 25.8 Å². The van der Waals surface area contributed by atoms with E-state index < -0.39 is 10.9 Å². The monoisotopic (exact) mass is 266 g/mol. The van der Waals surface area contributed by atoms with E-state index in [2.05, 4.69) is 12.2 Å². The lowest BCUT2D eigenvalue weighted by molar-refractivity contribution is -0.385. The molecule has 19 heavy (non-hydrogen) atoms. The van der Waals surface area contributed by atoms with Gasteiger partial charge in [0.15, 0.2) is 0 Å². The molecule has 0 radical (unpaired) electrons. The molecule has 6 nitrogen and oxygen atoms in total. The number of nitrogens with one attached hydrogen (secondary N) is 1. The third kappa shape index (κ3) is 4.33. The lowest BCUT2D eigenvalue weighted by Gasteiger charge is -2.08. The summed E-state index contributed by atoms with van der Waals surface area (Å²) in [4.78, 5) is 21.3. The molecule has 1 aromatic carbocycles. The minimum Gasteiger partial charge on any atom is -0.477 e. The Morgan fingerprint density at radius 1 is 1.42 bits per heavy atom. The zero-order valence-electron chi connectivity index (χ0n) is 10.9. The normalized spacial score (nSPS) is 10.4. The third-order valence-electron chi connectivity index (χ3n) is 2.81. The van der Waals surface area contributed by atoms with Crippen LogP contribution in [0.25, 0.3) is 0 Å². The highest BCUT2D eigenvalue weighted by Crippen LogP contribution is 2.22. The minimum absolute atomic E-state index is 0.226. The van der Waals surface area contributed by atoms with Gasteiger partial charge in [0.2, 0.25) is 0 Å². The zero-order valence-corrected chi connectivity index (χ0v) is 10.9. The van der Waals surface area contributed by atoms with Gasteiger partial charge in [-0.1, -0.05) is 31.9 Å². The second-order valence-corrected chi connectivity index (χ2v) is 4.26. The van der Waals surface area contributed by atoms with Gasteiger partial charge >= 0.3 is 5.97 Å². The highest BCUT2D eigenvalue weighted by molar-refractivity contribution is 5.94. The summed E-state index contributed by atoms with van der Waals surface area (Å²) in [5.41, 5.74) is -0.144. The van der Waals surface area contributed by atoms with E-state index in [1.165, 1.54) is 12.1 Å². The number of aromatic carboxylic acids is 1. The van der Waals surface area contributed by atoms with Crippen molar-refractivity contribution in [2.24, 2.45) is 0 Å². The summed E-state index contributed by atoms with van der Waals surface area (Å²) < 4.78 is 0. The highest BCUT2D eigenvalue weighted by atomic mass is 16.6. The van der Waals surface area contributed by atoms with Crippen LogP contribution in [0.2, 0.25) is 0 Å². The molecular formula is C13H18N2O4. The molecule has 6 heteroatoms. The molecule has 0 atom stereocenters. The van der Waals surface area contributed by atoms with Gasteiger partial charge in [-0.05, 0) is 18.5 Å². The lowest BCUT2D eigenvalue weighted by Crippen LogP contribution is -2.17. The number of nitrogens with zero attached hydrogens (tertiary/aromatic N) is 1. The van der Waals surface area contributed by atoms with E-state index >= 15 is 0 Å². The van der Waals surface area contributed by atoms with Crippen LogP contribution in [0.1, 0.15) is 42.1 Å². The second-order valence-electron chi connectivity index (χ2n) is 4.26. The topological polar surface area (TPSA) is 92.5 Å². The first kappa shape index (κ1) is 15.1. The van der Waals surface area contributed by atoms with Gasteiger partial charge in [-0.2, -0.15) is 0 Å². The van der Waals surface area contributed by atoms with E-state index in [1.54, 1.807) is 6.07 Å². The maximum Gasteiger partial charge on any atom is 0.343 e. The summed E-state index contributed by atoms with van der Waals surface area (Å²) in [6, 6.07) is 4.32. The molecule has 0 fully saturated rings. The van der Waals surface area contributed by atoms with Crippen LogP contribution in [-0.2, 0) is 6.54 Å². The maximum absolute atomic E-state index is 11.1. The quantitative estimate of drug-likeness (QED) is 0.428. The molecule has 0 aliphatic rings. The first-order valence-electron chi connectivity index (χ1n) is 6.28. The average molecular weight is 266 g/mol. The summed E-state index contributed by atoms with van der Waals surface area (Å²) in [6.45, 7) is 3.20. The van der Waals surface area contributed by atoms with Gasteiger partial charge in [0.05, 0.1) is 4.92 Å². The van der Waals surface area contributed by atoms with Crippen LogP contribution in [0.15, 0.2) is 18.2 Å². The number of benzene rings is 1. The van der Waals surface area contributed by atoms with Gasteiger partial charge in [-0.15, -0.1) is 0 Å². The van der Waals surface area contributed by atoms with Gasteiger partial charge in [0, 0.05) is 12.6 Å². The number of hydrogen-bond donors (Lipinski definition) is 2. The number of unbranched alkanes of at least 4 members (excludes halogenated alkanes) is 2. The molecule has 2 N–H and O–H groups in total. The molecule has 0 unspecified atom stereocenters. The van der Waals surface area contributed by atoms with Crippen LogP contribution in [-0.4, -0.2) is 22.5 Å². The molecular weight excluding hydrogens is 248 g/mol. The van der Waals surface area contributed by atoms with E-state index in [4.69, 9.17) is 5.11 Å². The zero-order chi connectivity index (χ0) is 14.3. The van der Waals surface area contributed by atoms with Crippen LogP contribution < -0.4 is 5.32 Å². The molecule has 104 valence electrons. The fourth-order valence-electron chi connectivity index (χ4n) is 1.86. The second kappa shape index (κ2) is 7.48. The Morgan fingerprint density at radius 3 is 2.74 bits per heavy atom. The Hall–Kier alpha value is -1.95. The standard InChI is InChI=1S/C13H18N2O4/c1-2-3-4-8-14-9-10-6-5-7-11(15(18)19)12(10)13(16)17/h5-7,14H,2-4,8-9H2,1H3,(H,16,17). The molecule has 0 heterocycles. The van der Waals surface area contributed by atoms with Gasteiger partial charge in [-0.25, -0.2) is 4.79 Å². The van der Waals surface area contributed by atoms with E-state index in [9.17, 15) is 14.9 Å². The van der Waals surface area contributed by atoms with Crippen LogP contribution >= 0.6 is 0 Å². The van der Waals surface area contributed by atoms with Crippen molar-refractivity contribution in [2.75, 3.05) is 6.54 Å². The van der Waals surface area contributed by atoms with Crippen molar-refractivity contribution in [1.82, 2.24) is 5.32 Å². The average Bonchev–Trinajstić information content (AvgIpc) is 2.37. The molecule has 0 bridgehead atoms. The Bertz CT molecular complexity index is 460. The first-order chi connectivity index (χ1) is 9.07. The fraction of sp³-hybridized carbons (Fsp3) is 0.462. The van der Waals surface area contributed by atoms with Gasteiger partial charge < -0.3 is 10.4 Å². The molecule has 0 amide bonds. The van der Waals surface area contributed by atoms with Crippen LogP contribution in [0.5, 0.6) is 0 Å². The fourth-order valence-corrected chi connectivity index (χ4v) is 1.86. The Balaban J connectivity index is 2.80. The predicted octanol–water partition coefficient (Wildman–Crippen LogP) is 2.57. The summed E-state index contributed by atoms with van der Waals surface area (Å²) in [5, 5.41) is 23.0.